The van der Waals surface area contributed by atoms with Crippen LogP contribution >= 0.6 is 0 Å². The fourth-order valence-corrected chi connectivity index (χ4v) is 2.17. The zero-order chi connectivity index (χ0) is 17.9. The molecule has 0 aliphatic heterocycles. The second-order valence-corrected chi connectivity index (χ2v) is 5.49. The van der Waals surface area contributed by atoms with Crippen molar-refractivity contribution in [3.63, 3.8) is 0 Å². The van der Waals surface area contributed by atoms with Crippen molar-refractivity contribution >= 4 is 11.6 Å². The third-order valence-corrected chi connectivity index (χ3v) is 3.72. The molecule has 3 nitrogen and oxygen atoms in total. The summed E-state index contributed by atoms with van der Waals surface area (Å²) in [7, 11) is 0. The predicted octanol–water partition coefficient (Wildman–Crippen LogP) is 4.73. The Morgan fingerprint density at radius 3 is 2.42 bits per heavy atom. The highest BCUT2D eigenvalue weighted by Crippen LogP contribution is 2.34. The van der Waals surface area contributed by atoms with E-state index in [0.29, 0.717) is 5.75 Å². The summed E-state index contributed by atoms with van der Waals surface area (Å²) in [4.78, 5) is 12.2. The highest BCUT2D eigenvalue weighted by molar-refractivity contribution is 5.94. The molecule has 1 amide bonds. The van der Waals surface area contributed by atoms with Gasteiger partial charge >= 0.3 is 6.18 Å². The molecule has 0 heterocycles. The van der Waals surface area contributed by atoms with Gasteiger partial charge in [0.2, 0.25) is 0 Å². The average molecular weight is 337 g/mol. The van der Waals surface area contributed by atoms with Gasteiger partial charge in [-0.1, -0.05) is 24.3 Å². The van der Waals surface area contributed by atoms with E-state index >= 15 is 0 Å². The molecular weight excluding hydrogens is 319 g/mol. The number of ether oxygens (including phenoxy) is 1. The van der Waals surface area contributed by atoms with E-state index in [1.165, 1.54) is 25.1 Å². The summed E-state index contributed by atoms with van der Waals surface area (Å²) >= 11 is 0. The quantitative estimate of drug-likeness (QED) is 0.876. The first-order chi connectivity index (χ1) is 11.2. The van der Waals surface area contributed by atoms with Gasteiger partial charge < -0.3 is 10.1 Å². The fraction of sp³-hybridized carbons (Fsp3) is 0.278. The Labute approximate surface area is 138 Å². The number of anilines is 1. The predicted molar refractivity (Wildman–Crippen MR) is 86.1 cm³/mol. The maximum Gasteiger partial charge on any atom is 0.418 e. The summed E-state index contributed by atoms with van der Waals surface area (Å²) in [5.74, 6) is -0.116. The van der Waals surface area contributed by atoms with Gasteiger partial charge in [-0.25, -0.2) is 0 Å². The number of carbonyl (C=O) groups is 1. The summed E-state index contributed by atoms with van der Waals surface area (Å²) < 4.78 is 44.5. The molecule has 0 radical (unpaired) electrons. The van der Waals surface area contributed by atoms with Crippen LogP contribution in [0.4, 0.5) is 18.9 Å². The first kappa shape index (κ1) is 17.8. The fourth-order valence-electron chi connectivity index (χ4n) is 2.17. The van der Waals surface area contributed by atoms with Crippen LogP contribution in [0.25, 0.3) is 0 Å². The Hall–Kier alpha value is -2.50. The van der Waals surface area contributed by atoms with Crippen molar-refractivity contribution in [2.45, 2.75) is 33.1 Å². The van der Waals surface area contributed by atoms with Crippen LogP contribution in [0.5, 0.6) is 5.75 Å². The van der Waals surface area contributed by atoms with Crippen LogP contribution < -0.4 is 10.1 Å². The number of carbonyl (C=O) groups excluding carboxylic acids is 1. The SMILES string of the molecule is Cc1cccc(O[C@H](C)C(=O)Nc2ccccc2C(F)(F)F)c1C. The van der Waals surface area contributed by atoms with Crippen molar-refractivity contribution in [2.75, 3.05) is 5.32 Å². The molecule has 1 atom stereocenters. The lowest BCUT2D eigenvalue weighted by atomic mass is 10.1. The second kappa shape index (κ2) is 6.95. The van der Waals surface area contributed by atoms with Crippen molar-refractivity contribution in [1.29, 1.82) is 0 Å². The first-order valence-corrected chi connectivity index (χ1v) is 7.40. The van der Waals surface area contributed by atoms with Crippen LogP contribution in [0.3, 0.4) is 0 Å². The lowest BCUT2D eigenvalue weighted by Gasteiger charge is -2.19. The monoisotopic (exact) mass is 337 g/mol. The van der Waals surface area contributed by atoms with Gasteiger partial charge in [0.1, 0.15) is 5.75 Å². The number of hydrogen-bond donors (Lipinski definition) is 1. The van der Waals surface area contributed by atoms with E-state index in [0.717, 1.165) is 17.2 Å². The van der Waals surface area contributed by atoms with Crippen molar-refractivity contribution in [1.82, 2.24) is 0 Å². The summed E-state index contributed by atoms with van der Waals surface area (Å²) in [6.07, 6.45) is -5.48. The summed E-state index contributed by atoms with van der Waals surface area (Å²) in [5, 5.41) is 2.29. The molecule has 2 aromatic rings. The number of benzene rings is 2. The molecule has 0 saturated heterocycles. The van der Waals surface area contributed by atoms with Gasteiger partial charge in [0.25, 0.3) is 5.91 Å². The Balaban J connectivity index is 2.14. The standard InChI is InChI=1S/C18H18F3NO2/c1-11-7-6-10-16(12(11)2)24-13(3)17(23)22-15-9-5-4-8-14(15)18(19,20)21/h4-10,13H,1-3H3,(H,22,23)/t13-/m1/s1. The maximum absolute atomic E-state index is 13.0. The van der Waals surface area contributed by atoms with Gasteiger partial charge in [-0.3, -0.25) is 4.79 Å². The molecule has 1 N–H and O–H groups in total. The molecule has 24 heavy (non-hydrogen) atoms. The number of nitrogens with one attached hydrogen (secondary N) is 1. The Morgan fingerprint density at radius 2 is 1.75 bits per heavy atom. The molecular formula is C18H18F3NO2. The second-order valence-electron chi connectivity index (χ2n) is 5.49. The van der Waals surface area contributed by atoms with Crippen molar-refractivity contribution in [3.8, 4) is 5.75 Å². The van der Waals surface area contributed by atoms with E-state index < -0.39 is 23.8 Å². The first-order valence-electron chi connectivity index (χ1n) is 7.40. The Kier molecular flexibility index (Phi) is 5.17. The van der Waals surface area contributed by atoms with Crippen molar-refractivity contribution in [3.05, 3.63) is 59.2 Å². The van der Waals surface area contributed by atoms with Crippen molar-refractivity contribution < 1.29 is 22.7 Å². The topological polar surface area (TPSA) is 38.3 Å². The molecule has 128 valence electrons. The molecule has 0 unspecified atom stereocenters. The molecule has 0 saturated carbocycles. The number of aryl methyl sites for hydroxylation is 1. The van der Waals surface area contributed by atoms with Gasteiger partial charge in [0.05, 0.1) is 11.3 Å². The lowest BCUT2D eigenvalue weighted by molar-refractivity contribution is -0.137. The van der Waals surface area contributed by atoms with Gasteiger partial charge in [-0.2, -0.15) is 13.2 Å². The number of rotatable bonds is 4. The summed E-state index contributed by atoms with van der Waals surface area (Å²) in [5.41, 5.74) is 0.707. The van der Waals surface area contributed by atoms with E-state index in [4.69, 9.17) is 4.74 Å². The largest absolute Gasteiger partial charge is 0.481 e. The summed E-state index contributed by atoms with van der Waals surface area (Å²) in [6.45, 7) is 5.26. The van der Waals surface area contributed by atoms with Gasteiger partial charge in [-0.05, 0) is 50.1 Å². The van der Waals surface area contributed by atoms with E-state index in [1.807, 2.05) is 19.9 Å². The Bertz CT molecular complexity index is 741. The molecule has 0 fully saturated rings. The van der Waals surface area contributed by atoms with Crippen LogP contribution in [-0.4, -0.2) is 12.0 Å². The number of halogens is 3. The summed E-state index contributed by atoms with van der Waals surface area (Å²) in [6, 6.07) is 10.3. The molecule has 0 bridgehead atoms. The minimum atomic E-state index is -4.54. The smallest absolute Gasteiger partial charge is 0.418 e. The number of para-hydroxylation sites is 1. The van der Waals surface area contributed by atoms with Crippen LogP contribution in [0.2, 0.25) is 0 Å². The zero-order valence-corrected chi connectivity index (χ0v) is 13.6. The van der Waals surface area contributed by atoms with Crippen LogP contribution in [-0.2, 0) is 11.0 Å². The van der Waals surface area contributed by atoms with E-state index in [-0.39, 0.29) is 5.69 Å². The van der Waals surface area contributed by atoms with Crippen LogP contribution in [0, 0.1) is 13.8 Å². The zero-order valence-electron chi connectivity index (χ0n) is 13.6. The molecule has 0 aliphatic rings. The van der Waals surface area contributed by atoms with Gasteiger partial charge in [0.15, 0.2) is 6.10 Å². The molecule has 2 aromatic carbocycles. The maximum atomic E-state index is 13.0. The number of hydrogen-bond acceptors (Lipinski definition) is 2. The third kappa shape index (κ3) is 4.07. The molecule has 6 heteroatoms. The van der Waals surface area contributed by atoms with E-state index in [9.17, 15) is 18.0 Å². The normalized spacial score (nSPS) is 12.6. The highest BCUT2D eigenvalue weighted by Gasteiger charge is 2.34. The number of amides is 1. The third-order valence-electron chi connectivity index (χ3n) is 3.72. The number of alkyl halides is 3. The van der Waals surface area contributed by atoms with Gasteiger partial charge in [-0.15, -0.1) is 0 Å². The van der Waals surface area contributed by atoms with Crippen LogP contribution in [0.15, 0.2) is 42.5 Å². The Morgan fingerprint density at radius 1 is 1.08 bits per heavy atom. The molecule has 2 rings (SSSR count). The molecule has 0 spiro atoms. The molecule has 0 aliphatic carbocycles. The lowest BCUT2D eigenvalue weighted by Crippen LogP contribution is -2.31. The van der Waals surface area contributed by atoms with E-state index in [1.54, 1.807) is 12.1 Å². The highest BCUT2D eigenvalue weighted by atomic mass is 19.4. The average Bonchev–Trinajstić information content (AvgIpc) is 2.51. The van der Waals surface area contributed by atoms with E-state index in [2.05, 4.69) is 5.32 Å². The van der Waals surface area contributed by atoms with Crippen LogP contribution in [0.1, 0.15) is 23.6 Å². The van der Waals surface area contributed by atoms with Gasteiger partial charge in [0, 0.05) is 0 Å². The van der Waals surface area contributed by atoms with Crippen molar-refractivity contribution in [2.24, 2.45) is 0 Å². The minimum absolute atomic E-state index is 0.286. The molecule has 0 aromatic heterocycles. The minimum Gasteiger partial charge on any atom is -0.481 e.